The number of nitrogens with one attached hydrogen (secondary N) is 1. The number of anilines is 1. The number of hydrogen-bond donors (Lipinski definition) is 1. The van der Waals surface area contributed by atoms with Crippen LogP contribution >= 0.6 is 11.3 Å². The van der Waals surface area contributed by atoms with Crippen LogP contribution in [0.2, 0.25) is 0 Å². The van der Waals surface area contributed by atoms with Gasteiger partial charge in [0.05, 0.1) is 11.9 Å². The molecule has 3 heterocycles. The van der Waals surface area contributed by atoms with Gasteiger partial charge in [-0.1, -0.05) is 41.2 Å². The van der Waals surface area contributed by atoms with E-state index >= 15 is 0 Å². The molecule has 1 saturated heterocycles. The van der Waals surface area contributed by atoms with Crippen molar-refractivity contribution in [2.75, 3.05) is 37.7 Å². The maximum Gasteiger partial charge on any atom is 0.223 e. The van der Waals surface area contributed by atoms with Crippen LogP contribution in [0.25, 0.3) is 16.2 Å². The van der Waals surface area contributed by atoms with E-state index in [9.17, 15) is 4.79 Å². The topological polar surface area (TPSA) is 71.8 Å². The van der Waals surface area contributed by atoms with Crippen molar-refractivity contribution in [3.05, 3.63) is 36.0 Å². The minimum atomic E-state index is 0.0885. The van der Waals surface area contributed by atoms with Crippen LogP contribution in [-0.2, 0) is 9.53 Å². The Kier molecular flexibility index (Phi) is 6.64. The Morgan fingerprint density at radius 3 is 2.73 bits per heavy atom. The summed E-state index contributed by atoms with van der Waals surface area (Å²) in [6.07, 6.45) is 4.56. The van der Waals surface area contributed by atoms with Crippen LogP contribution in [0.15, 0.2) is 30.5 Å². The first-order chi connectivity index (χ1) is 14.6. The van der Waals surface area contributed by atoms with Crippen molar-refractivity contribution in [2.45, 2.75) is 33.1 Å². The zero-order valence-corrected chi connectivity index (χ0v) is 18.5. The summed E-state index contributed by atoms with van der Waals surface area (Å²) in [6.45, 7) is 7.87. The van der Waals surface area contributed by atoms with E-state index in [4.69, 9.17) is 14.8 Å². The van der Waals surface area contributed by atoms with Crippen molar-refractivity contribution in [3.8, 4) is 11.3 Å². The number of piperidine rings is 1. The summed E-state index contributed by atoms with van der Waals surface area (Å²) >= 11 is 1.61. The Morgan fingerprint density at radius 2 is 2.03 bits per heavy atom. The Labute approximate surface area is 181 Å². The normalized spacial score (nSPS) is 15.1. The number of imidazole rings is 1. The molecule has 160 valence electrons. The molecule has 1 amide bonds. The minimum absolute atomic E-state index is 0.0885. The van der Waals surface area contributed by atoms with Crippen molar-refractivity contribution in [2.24, 2.45) is 5.92 Å². The summed E-state index contributed by atoms with van der Waals surface area (Å²) in [6, 6.07) is 8.38. The van der Waals surface area contributed by atoms with Gasteiger partial charge in [-0.05, 0) is 33.1 Å². The van der Waals surface area contributed by atoms with Gasteiger partial charge in [0, 0.05) is 44.3 Å². The molecule has 0 saturated carbocycles. The lowest BCUT2D eigenvalue weighted by Gasteiger charge is -2.30. The number of amides is 1. The van der Waals surface area contributed by atoms with Crippen molar-refractivity contribution in [3.63, 3.8) is 0 Å². The number of benzene rings is 1. The van der Waals surface area contributed by atoms with E-state index < -0.39 is 0 Å². The Balaban J connectivity index is 1.31. The van der Waals surface area contributed by atoms with Crippen molar-refractivity contribution in [1.29, 1.82) is 0 Å². The Hall–Kier alpha value is -2.45. The van der Waals surface area contributed by atoms with Gasteiger partial charge in [-0.15, -0.1) is 5.10 Å². The summed E-state index contributed by atoms with van der Waals surface area (Å²) in [5.41, 5.74) is 3.29. The van der Waals surface area contributed by atoms with Crippen LogP contribution in [0.5, 0.6) is 0 Å². The standard InChI is InChI=1S/C22H29N5O2S/c1-3-29-14-4-11-23-20(28)18-9-12-26(13-10-18)22-25-27-15-19(24-21(27)30-22)17-7-5-16(2)6-8-17/h5-8,15,18H,3-4,9-14H2,1-2H3,(H,23,28). The predicted octanol–water partition coefficient (Wildman–Crippen LogP) is 3.53. The molecule has 1 aromatic carbocycles. The van der Waals surface area contributed by atoms with E-state index in [0.717, 1.165) is 60.3 Å². The molecule has 4 rings (SSSR count). The highest BCUT2D eigenvalue weighted by Gasteiger charge is 2.26. The highest BCUT2D eigenvalue weighted by molar-refractivity contribution is 7.20. The lowest BCUT2D eigenvalue weighted by Crippen LogP contribution is -2.41. The van der Waals surface area contributed by atoms with Gasteiger partial charge in [-0.25, -0.2) is 9.50 Å². The first-order valence-corrected chi connectivity index (χ1v) is 11.5. The van der Waals surface area contributed by atoms with E-state index in [2.05, 4.69) is 41.4 Å². The Bertz CT molecular complexity index is 942. The number of fused-ring (bicyclic) bond motifs is 1. The molecule has 2 aromatic heterocycles. The quantitative estimate of drug-likeness (QED) is 0.557. The number of carbonyl (C=O) groups is 1. The third kappa shape index (κ3) is 4.82. The highest BCUT2D eigenvalue weighted by atomic mass is 32.1. The SMILES string of the molecule is CCOCCCNC(=O)C1CCN(c2nn3cc(-c4ccc(C)cc4)nc3s2)CC1. The van der Waals surface area contributed by atoms with Gasteiger partial charge in [0.2, 0.25) is 16.0 Å². The zero-order valence-electron chi connectivity index (χ0n) is 17.6. The predicted molar refractivity (Wildman–Crippen MR) is 120 cm³/mol. The number of hydrogen-bond acceptors (Lipinski definition) is 6. The maximum absolute atomic E-state index is 12.4. The number of aryl methyl sites for hydroxylation is 1. The number of nitrogens with zero attached hydrogens (tertiary/aromatic N) is 4. The lowest BCUT2D eigenvalue weighted by molar-refractivity contribution is -0.125. The van der Waals surface area contributed by atoms with Gasteiger partial charge in [-0.3, -0.25) is 4.79 Å². The van der Waals surface area contributed by atoms with Crippen molar-refractivity contribution in [1.82, 2.24) is 19.9 Å². The van der Waals surface area contributed by atoms with Crippen LogP contribution < -0.4 is 10.2 Å². The monoisotopic (exact) mass is 427 g/mol. The molecule has 8 heteroatoms. The minimum Gasteiger partial charge on any atom is -0.382 e. The average Bonchev–Trinajstić information content (AvgIpc) is 3.34. The van der Waals surface area contributed by atoms with E-state index in [1.807, 2.05) is 17.6 Å². The lowest BCUT2D eigenvalue weighted by atomic mass is 9.96. The molecule has 1 N–H and O–H groups in total. The van der Waals surface area contributed by atoms with E-state index in [1.165, 1.54) is 5.56 Å². The van der Waals surface area contributed by atoms with Gasteiger partial charge in [0.25, 0.3) is 0 Å². The Morgan fingerprint density at radius 1 is 1.27 bits per heavy atom. The van der Waals surface area contributed by atoms with Crippen molar-refractivity contribution >= 4 is 27.3 Å². The molecule has 1 aliphatic heterocycles. The molecule has 0 aliphatic carbocycles. The maximum atomic E-state index is 12.4. The first-order valence-electron chi connectivity index (χ1n) is 10.7. The van der Waals surface area contributed by atoms with Gasteiger partial charge in [0.15, 0.2) is 0 Å². The van der Waals surface area contributed by atoms with Gasteiger partial charge >= 0.3 is 0 Å². The second kappa shape index (κ2) is 9.57. The molecular formula is C22H29N5O2S. The third-order valence-electron chi connectivity index (χ3n) is 5.48. The molecular weight excluding hydrogens is 398 g/mol. The first kappa shape index (κ1) is 20.8. The van der Waals surface area contributed by atoms with E-state index in [-0.39, 0.29) is 11.8 Å². The molecule has 0 radical (unpaired) electrons. The third-order valence-corrected chi connectivity index (χ3v) is 6.47. The second-order valence-corrected chi connectivity index (χ2v) is 8.64. The van der Waals surface area contributed by atoms with Gasteiger partial charge in [0.1, 0.15) is 0 Å². The fraction of sp³-hybridized carbons (Fsp3) is 0.500. The summed E-state index contributed by atoms with van der Waals surface area (Å²) in [5.74, 6) is 0.258. The second-order valence-electron chi connectivity index (χ2n) is 7.71. The highest BCUT2D eigenvalue weighted by Crippen LogP contribution is 2.29. The number of rotatable bonds is 8. The summed E-state index contributed by atoms with van der Waals surface area (Å²) in [5, 5.41) is 8.75. The summed E-state index contributed by atoms with van der Waals surface area (Å²) in [7, 11) is 0. The molecule has 0 spiro atoms. The number of carbonyl (C=O) groups excluding carboxylic acids is 1. The fourth-order valence-electron chi connectivity index (χ4n) is 3.69. The summed E-state index contributed by atoms with van der Waals surface area (Å²) in [4.78, 5) is 20.3. The largest absolute Gasteiger partial charge is 0.382 e. The molecule has 1 fully saturated rings. The van der Waals surface area contributed by atoms with E-state index in [0.29, 0.717) is 13.2 Å². The van der Waals surface area contributed by atoms with Crippen LogP contribution in [0.4, 0.5) is 5.13 Å². The molecule has 7 nitrogen and oxygen atoms in total. The summed E-state index contributed by atoms with van der Waals surface area (Å²) < 4.78 is 7.18. The van der Waals surface area contributed by atoms with Gasteiger partial charge in [-0.2, -0.15) is 0 Å². The van der Waals surface area contributed by atoms with Crippen LogP contribution in [0.1, 0.15) is 31.7 Å². The van der Waals surface area contributed by atoms with E-state index in [1.54, 1.807) is 11.3 Å². The van der Waals surface area contributed by atoms with Crippen LogP contribution in [-0.4, -0.2) is 53.4 Å². The average molecular weight is 428 g/mol. The van der Waals surface area contributed by atoms with Crippen molar-refractivity contribution < 1.29 is 9.53 Å². The smallest absolute Gasteiger partial charge is 0.223 e. The molecule has 3 aromatic rings. The number of aromatic nitrogens is 3. The van der Waals surface area contributed by atoms with Gasteiger partial charge < -0.3 is 15.0 Å². The molecule has 1 aliphatic rings. The number of ether oxygens (including phenoxy) is 1. The zero-order chi connectivity index (χ0) is 20.9. The van der Waals surface area contributed by atoms with Crippen LogP contribution in [0, 0.1) is 12.8 Å². The van der Waals surface area contributed by atoms with Crippen LogP contribution in [0.3, 0.4) is 0 Å². The molecule has 0 bridgehead atoms. The fourth-order valence-corrected chi connectivity index (χ4v) is 4.62. The molecule has 30 heavy (non-hydrogen) atoms. The molecule has 0 atom stereocenters. The molecule has 0 unspecified atom stereocenters.